The molecule has 2 aliphatic rings. The van der Waals surface area contributed by atoms with E-state index in [2.05, 4.69) is 167 Å². The Bertz CT molecular complexity index is 4080. The molecule has 12 aromatic rings. The minimum atomic E-state index is -1.03. The van der Waals surface area contributed by atoms with Gasteiger partial charge in [0.05, 0.1) is 38.7 Å². The molecule has 0 N–H and O–H groups in total. The fourth-order valence-corrected chi connectivity index (χ4v) is 11.1. The first-order chi connectivity index (χ1) is 32.4. The zero-order chi connectivity index (χ0) is 44.0. The Morgan fingerprint density at radius 3 is 1.95 bits per heavy atom. The fraction of sp³-hybridized carbons (Fsp3) is 0.0169. The summed E-state index contributed by atoms with van der Waals surface area (Å²) in [7, 11) is 0. The fourth-order valence-electron chi connectivity index (χ4n) is 11.1. The SMILES string of the molecule is [2H]c1c([2H])c([2H])c2c(c1[2H])-c1ccccc1C21c2ccccc2-c2cccc3c(N(c4ccc5c(c4)c4ccccc4n5-c4ccccc4)c4cccc5oc6ccccc6c45)ccc1c23. The maximum atomic E-state index is 9.70. The van der Waals surface area contributed by atoms with Crippen LogP contribution >= 0.6 is 0 Å². The van der Waals surface area contributed by atoms with Crippen LogP contribution in [-0.4, -0.2) is 4.57 Å². The van der Waals surface area contributed by atoms with Gasteiger partial charge in [-0.05, 0) is 111 Å². The first-order valence-electron chi connectivity index (χ1n) is 23.1. The van der Waals surface area contributed by atoms with Crippen molar-refractivity contribution in [2.75, 3.05) is 4.90 Å². The predicted octanol–water partition coefficient (Wildman–Crippen LogP) is 15.6. The highest BCUT2D eigenvalue weighted by atomic mass is 16.3. The molecule has 62 heavy (non-hydrogen) atoms. The zero-order valence-electron chi connectivity index (χ0n) is 37.3. The number of para-hydroxylation sites is 3. The Morgan fingerprint density at radius 1 is 0.419 bits per heavy atom. The number of fused-ring (bicyclic) bond motifs is 15. The van der Waals surface area contributed by atoms with Crippen LogP contribution in [0.15, 0.2) is 223 Å². The lowest BCUT2D eigenvalue weighted by molar-refractivity contribution is 0.669. The van der Waals surface area contributed by atoms with Crippen LogP contribution in [0, 0.1) is 0 Å². The topological polar surface area (TPSA) is 21.3 Å². The molecule has 2 heterocycles. The van der Waals surface area contributed by atoms with Crippen molar-refractivity contribution in [3.8, 4) is 27.9 Å². The average Bonchev–Trinajstić information content (AvgIpc) is 4.02. The summed E-state index contributed by atoms with van der Waals surface area (Å²) in [6, 6.07) is 67.6. The van der Waals surface area contributed by atoms with Crippen molar-refractivity contribution < 1.29 is 9.90 Å². The third-order valence-electron chi connectivity index (χ3n) is 13.5. The monoisotopic (exact) mass is 792 g/mol. The summed E-state index contributed by atoms with van der Waals surface area (Å²) < 4.78 is 45.9. The van der Waals surface area contributed by atoms with Gasteiger partial charge in [0.1, 0.15) is 11.2 Å². The van der Waals surface area contributed by atoms with Crippen LogP contribution in [0.3, 0.4) is 0 Å². The maximum Gasteiger partial charge on any atom is 0.137 e. The van der Waals surface area contributed by atoms with Crippen molar-refractivity contribution >= 4 is 71.6 Å². The zero-order valence-corrected chi connectivity index (χ0v) is 33.3. The van der Waals surface area contributed by atoms with E-state index in [0.29, 0.717) is 11.1 Å². The number of furan rings is 1. The van der Waals surface area contributed by atoms with Crippen LogP contribution in [0.1, 0.15) is 27.7 Å². The molecular weight excluding hydrogens is 753 g/mol. The van der Waals surface area contributed by atoms with Gasteiger partial charge in [-0.15, -0.1) is 0 Å². The molecule has 3 nitrogen and oxygen atoms in total. The van der Waals surface area contributed by atoms with E-state index in [4.69, 9.17) is 7.16 Å². The number of hydrogen-bond acceptors (Lipinski definition) is 2. The van der Waals surface area contributed by atoms with Gasteiger partial charge >= 0.3 is 0 Å². The second-order valence-corrected chi connectivity index (χ2v) is 16.4. The molecule has 14 rings (SSSR count). The largest absolute Gasteiger partial charge is 0.456 e. The highest BCUT2D eigenvalue weighted by molar-refractivity contribution is 6.18. The average molecular weight is 793 g/mol. The van der Waals surface area contributed by atoms with Gasteiger partial charge in [-0.1, -0.05) is 158 Å². The molecule has 0 bridgehead atoms. The first kappa shape index (κ1) is 30.0. The smallest absolute Gasteiger partial charge is 0.137 e. The summed E-state index contributed by atoms with van der Waals surface area (Å²) in [5.74, 6) is 0. The van der Waals surface area contributed by atoms with Crippen LogP contribution in [0.2, 0.25) is 0 Å². The predicted molar refractivity (Wildman–Crippen MR) is 257 cm³/mol. The van der Waals surface area contributed by atoms with Gasteiger partial charge in [0.25, 0.3) is 0 Å². The molecule has 2 aromatic heterocycles. The Morgan fingerprint density at radius 2 is 1.08 bits per heavy atom. The molecule has 1 spiro atoms. The third kappa shape index (κ3) is 4.29. The third-order valence-corrected chi connectivity index (χ3v) is 13.5. The van der Waals surface area contributed by atoms with Crippen LogP contribution in [0.25, 0.3) is 82.5 Å². The molecule has 0 saturated carbocycles. The van der Waals surface area contributed by atoms with Crippen molar-refractivity contribution in [2.45, 2.75) is 5.41 Å². The standard InChI is InChI=1S/C59H36N2O/c1-2-16-37(17-3-1)60-51-28-12-7-21-42(51)46-36-38(32-34-53(46)60)61(54-29-15-31-56-58(54)45-22-8-13-30-55(45)62-56)52-35-33-50-57-43(23-14-24-44(52)57)41-20-6-11-27-49(41)59(50)47-25-9-4-18-39(47)40-19-5-10-26-48(40)59/h1-36H/i4D,9D,18D,25D. The van der Waals surface area contributed by atoms with E-state index in [0.717, 1.165) is 111 Å². The van der Waals surface area contributed by atoms with Crippen LogP contribution in [0.4, 0.5) is 17.1 Å². The summed E-state index contributed by atoms with van der Waals surface area (Å²) in [5, 5.41) is 6.38. The van der Waals surface area contributed by atoms with Crippen LogP contribution in [0.5, 0.6) is 0 Å². The molecule has 0 aliphatic heterocycles. The second kappa shape index (κ2) is 12.4. The van der Waals surface area contributed by atoms with Gasteiger partial charge in [0.15, 0.2) is 0 Å². The molecule has 3 heteroatoms. The van der Waals surface area contributed by atoms with Crippen molar-refractivity contribution in [3.63, 3.8) is 0 Å². The Balaban J connectivity index is 1.12. The lowest BCUT2D eigenvalue weighted by atomic mass is 9.61. The van der Waals surface area contributed by atoms with Gasteiger partial charge in [-0.2, -0.15) is 0 Å². The summed E-state index contributed by atoms with van der Waals surface area (Å²) in [4.78, 5) is 2.39. The number of rotatable bonds is 4. The van der Waals surface area contributed by atoms with E-state index in [9.17, 15) is 2.74 Å². The van der Waals surface area contributed by atoms with Crippen molar-refractivity contribution in [1.29, 1.82) is 0 Å². The summed E-state index contributed by atoms with van der Waals surface area (Å²) in [6.07, 6.45) is 0. The Kier molecular flexibility index (Phi) is 6.02. The lowest BCUT2D eigenvalue weighted by Gasteiger charge is -2.40. The summed E-state index contributed by atoms with van der Waals surface area (Å²) in [6.45, 7) is 0. The minimum Gasteiger partial charge on any atom is -0.456 e. The van der Waals surface area contributed by atoms with Crippen LogP contribution < -0.4 is 4.90 Å². The normalized spacial score (nSPS) is 15.7. The van der Waals surface area contributed by atoms with Gasteiger partial charge in [0.2, 0.25) is 0 Å². The lowest BCUT2D eigenvalue weighted by Crippen LogP contribution is -2.32. The van der Waals surface area contributed by atoms with Crippen molar-refractivity contribution in [2.24, 2.45) is 0 Å². The van der Waals surface area contributed by atoms with E-state index >= 15 is 0 Å². The molecule has 1 atom stereocenters. The highest BCUT2D eigenvalue weighted by Crippen LogP contribution is 2.62. The molecule has 0 radical (unpaired) electrons. The van der Waals surface area contributed by atoms with Gasteiger partial charge in [-0.3, -0.25) is 0 Å². The molecular formula is C59H36N2O. The molecule has 2 aliphatic carbocycles. The molecule has 0 fully saturated rings. The van der Waals surface area contributed by atoms with E-state index in [-0.39, 0.29) is 24.2 Å². The molecule has 1 unspecified atom stereocenters. The summed E-state index contributed by atoms with van der Waals surface area (Å²) in [5.41, 5.74) is 13.9. The highest BCUT2D eigenvalue weighted by Gasteiger charge is 2.50. The van der Waals surface area contributed by atoms with Gasteiger partial charge in [0, 0.05) is 32.9 Å². The second-order valence-electron chi connectivity index (χ2n) is 16.4. The van der Waals surface area contributed by atoms with Crippen molar-refractivity contribution in [1.82, 2.24) is 4.57 Å². The maximum absolute atomic E-state index is 9.70. The minimum absolute atomic E-state index is 0.0169. The summed E-state index contributed by atoms with van der Waals surface area (Å²) >= 11 is 0. The van der Waals surface area contributed by atoms with Crippen LogP contribution in [-0.2, 0) is 5.41 Å². The molecule has 0 saturated heterocycles. The first-order valence-corrected chi connectivity index (χ1v) is 21.1. The number of hydrogen-bond donors (Lipinski definition) is 0. The van der Waals surface area contributed by atoms with E-state index < -0.39 is 5.41 Å². The Hall–Kier alpha value is -8.14. The van der Waals surface area contributed by atoms with E-state index in [1.54, 1.807) is 0 Å². The number of anilines is 3. The molecule has 10 aromatic carbocycles. The van der Waals surface area contributed by atoms with E-state index in [1.807, 2.05) is 36.4 Å². The van der Waals surface area contributed by atoms with Crippen molar-refractivity contribution in [3.05, 3.63) is 241 Å². The molecule has 288 valence electrons. The number of aromatic nitrogens is 1. The quantitative estimate of drug-likeness (QED) is 0.177. The van der Waals surface area contributed by atoms with Gasteiger partial charge in [-0.25, -0.2) is 0 Å². The molecule has 0 amide bonds. The number of benzene rings is 10. The van der Waals surface area contributed by atoms with Gasteiger partial charge < -0.3 is 13.9 Å². The Labute approximate surface area is 363 Å². The number of nitrogens with zero attached hydrogens (tertiary/aromatic N) is 2. The van der Waals surface area contributed by atoms with E-state index in [1.165, 1.54) is 0 Å².